The third-order valence-corrected chi connectivity index (χ3v) is 3.76. The summed E-state index contributed by atoms with van der Waals surface area (Å²) in [4.78, 5) is 14.5. The minimum Gasteiger partial charge on any atom is -0.409 e. The molecule has 0 aliphatic heterocycles. The van der Waals surface area contributed by atoms with Gasteiger partial charge in [-0.3, -0.25) is 4.79 Å². The first-order valence-corrected chi connectivity index (χ1v) is 7.40. The summed E-state index contributed by atoms with van der Waals surface area (Å²) in [7, 11) is 0. The Kier molecular flexibility index (Phi) is 6.67. The summed E-state index contributed by atoms with van der Waals surface area (Å²) in [6.45, 7) is 4.79. The summed E-state index contributed by atoms with van der Waals surface area (Å²) in [6, 6.07) is 0.384. The minimum absolute atomic E-state index is 0.132. The maximum atomic E-state index is 12.5. The van der Waals surface area contributed by atoms with Gasteiger partial charge in [0.25, 0.3) is 0 Å². The largest absolute Gasteiger partial charge is 0.409 e. The van der Waals surface area contributed by atoms with Gasteiger partial charge in [-0.1, -0.05) is 31.8 Å². The van der Waals surface area contributed by atoms with Gasteiger partial charge < -0.3 is 15.8 Å². The highest BCUT2D eigenvalue weighted by Crippen LogP contribution is 2.29. The van der Waals surface area contributed by atoms with E-state index in [2.05, 4.69) is 19.0 Å². The van der Waals surface area contributed by atoms with Crippen LogP contribution in [0.5, 0.6) is 0 Å². The molecular formula is C14H27N3O2. The number of rotatable bonds is 9. The van der Waals surface area contributed by atoms with Crippen molar-refractivity contribution < 1.29 is 10.0 Å². The molecule has 1 fully saturated rings. The maximum absolute atomic E-state index is 12.5. The van der Waals surface area contributed by atoms with Crippen LogP contribution >= 0.6 is 0 Å². The van der Waals surface area contributed by atoms with Gasteiger partial charge in [-0.15, -0.1) is 0 Å². The van der Waals surface area contributed by atoms with E-state index in [0.29, 0.717) is 19.0 Å². The highest BCUT2D eigenvalue weighted by atomic mass is 16.4. The average molecular weight is 269 g/mol. The van der Waals surface area contributed by atoms with Crippen molar-refractivity contribution in [2.75, 3.05) is 6.54 Å². The van der Waals surface area contributed by atoms with Crippen molar-refractivity contribution in [3.05, 3.63) is 0 Å². The molecule has 0 radical (unpaired) electrons. The number of nitrogens with two attached hydrogens (primary N) is 1. The molecule has 5 heteroatoms. The maximum Gasteiger partial charge on any atom is 0.225 e. The number of oxime groups is 1. The summed E-state index contributed by atoms with van der Waals surface area (Å²) in [5, 5.41) is 11.5. The van der Waals surface area contributed by atoms with Gasteiger partial charge in [0.05, 0.1) is 0 Å². The van der Waals surface area contributed by atoms with E-state index in [1.807, 2.05) is 4.90 Å². The van der Waals surface area contributed by atoms with Gasteiger partial charge >= 0.3 is 0 Å². The number of hydrogen-bond donors (Lipinski definition) is 2. The summed E-state index contributed by atoms with van der Waals surface area (Å²) in [5.74, 6) is 0.581. The molecule has 110 valence electrons. The van der Waals surface area contributed by atoms with Crippen molar-refractivity contribution in [2.45, 2.75) is 64.8 Å². The molecule has 1 saturated carbocycles. The van der Waals surface area contributed by atoms with Gasteiger partial charge in [0.15, 0.2) is 0 Å². The summed E-state index contributed by atoms with van der Waals surface area (Å²) < 4.78 is 0. The van der Waals surface area contributed by atoms with Crippen molar-refractivity contribution in [1.82, 2.24) is 4.90 Å². The lowest BCUT2D eigenvalue weighted by Crippen LogP contribution is -2.39. The predicted octanol–water partition coefficient (Wildman–Crippen LogP) is 2.33. The normalized spacial score (nSPS) is 17.3. The van der Waals surface area contributed by atoms with Crippen molar-refractivity contribution in [2.24, 2.45) is 16.8 Å². The molecular weight excluding hydrogens is 242 g/mol. The van der Waals surface area contributed by atoms with Crippen molar-refractivity contribution in [3.8, 4) is 0 Å². The predicted molar refractivity (Wildman–Crippen MR) is 76.1 cm³/mol. The Labute approximate surface area is 115 Å². The van der Waals surface area contributed by atoms with Crippen LogP contribution in [0.3, 0.4) is 0 Å². The summed E-state index contributed by atoms with van der Waals surface area (Å²) in [5.41, 5.74) is 5.49. The van der Waals surface area contributed by atoms with Gasteiger partial charge in [-0.25, -0.2) is 0 Å². The van der Waals surface area contributed by atoms with E-state index in [4.69, 9.17) is 10.9 Å². The third kappa shape index (κ3) is 5.09. The van der Waals surface area contributed by atoms with Crippen LogP contribution in [0.1, 0.15) is 58.8 Å². The van der Waals surface area contributed by atoms with Gasteiger partial charge in [0, 0.05) is 24.9 Å². The molecule has 1 aliphatic carbocycles. The molecule has 0 saturated heterocycles. The van der Waals surface area contributed by atoms with Gasteiger partial charge in [0.1, 0.15) is 5.84 Å². The van der Waals surface area contributed by atoms with E-state index < -0.39 is 0 Å². The number of nitrogens with zero attached hydrogens (tertiary/aromatic N) is 2. The van der Waals surface area contributed by atoms with E-state index in [0.717, 1.165) is 38.5 Å². The molecule has 1 unspecified atom stereocenters. The Morgan fingerprint density at radius 1 is 1.47 bits per heavy atom. The first-order valence-electron chi connectivity index (χ1n) is 7.40. The molecule has 1 aliphatic rings. The monoisotopic (exact) mass is 269 g/mol. The number of carbonyl (C=O) groups is 1. The minimum atomic E-state index is 0.132. The van der Waals surface area contributed by atoms with E-state index in [-0.39, 0.29) is 17.7 Å². The number of amidine groups is 1. The van der Waals surface area contributed by atoms with Crippen LogP contribution in [-0.2, 0) is 4.79 Å². The highest BCUT2D eigenvalue weighted by molar-refractivity contribution is 5.82. The SMILES string of the molecule is CCCCC(CC)C(=O)N(CCC(N)=NO)C1CC1. The molecule has 0 aromatic rings. The standard InChI is InChI=1S/C14H27N3O2/c1-3-5-6-11(4-2)14(18)17(12-7-8-12)10-9-13(15)16-19/h11-12,19H,3-10H2,1-2H3,(H2,15,16). The topological polar surface area (TPSA) is 78.9 Å². The van der Waals surface area contributed by atoms with Crippen LogP contribution in [0.2, 0.25) is 0 Å². The molecule has 0 bridgehead atoms. The van der Waals surface area contributed by atoms with Gasteiger partial charge in [-0.05, 0) is 25.7 Å². The Morgan fingerprint density at radius 3 is 2.63 bits per heavy atom. The van der Waals surface area contributed by atoms with Crippen LogP contribution < -0.4 is 5.73 Å². The Bertz CT molecular complexity index is 314. The summed E-state index contributed by atoms with van der Waals surface area (Å²) in [6.07, 6.45) is 6.71. The molecule has 0 aromatic carbocycles. The third-order valence-electron chi connectivity index (χ3n) is 3.76. The van der Waals surface area contributed by atoms with Gasteiger partial charge in [0.2, 0.25) is 5.91 Å². The molecule has 1 rings (SSSR count). The lowest BCUT2D eigenvalue weighted by atomic mass is 9.97. The van der Waals surface area contributed by atoms with E-state index in [1.54, 1.807) is 0 Å². The van der Waals surface area contributed by atoms with E-state index in [1.165, 1.54) is 0 Å². The number of amides is 1. The zero-order valence-corrected chi connectivity index (χ0v) is 12.1. The second kappa shape index (κ2) is 8.02. The van der Waals surface area contributed by atoms with Crippen molar-refractivity contribution in [3.63, 3.8) is 0 Å². The zero-order chi connectivity index (χ0) is 14.3. The molecule has 3 N–H and O–H groups in total. The fourth-order valence-corrected chi connectivity index (χ4v) is 2.33. The van der Waals surface area contributed by atoms with Crippen LogP contribution in [0, 0.1) is 5.92 Å². The van der Waals surface area contributed by atoms with Crippen molar-refractivity contribution >= 4 is 11.7 Å². The smallest absolute Gasteiger partial charge is 0.225 e. The fraction of sp³-hybridized carbons (Fsp3) is 0.857. The first kappa shape index (κ1) is 15.8. The zero-order valence-electron chi connectivity index (χ0n) is 12.1. The number of unbranched alkanes of at least 4 members (excludes halogenated alkanes) is 1. The fourth-order valence-electron chi connectivity index (χ4n) is 2.33. The Balaban J connectivity index is 2.55. The lowest BCUT2D eigenvalue weighted by Gasteiger charge is -2.27. The van der Waals surface area contributed by atoms with Crippen LogP contribution in [0.15, 0.2) is 5.16 Å². The molecule has 0 aromatic heterocycles. The van der Waals surface area contributed by atoms with Crippen LogP contribution in [0.25, 0.3) is 0 Å². The first-order chi connectivity index (χ1) is 9.13. The molecule has 0 spiro atoms. The number of carbonyl (C=O) groups excluding carboxylic acids is 1. The second-order valence-electron chi connectivity index (χ2n) is 5.35. The molecule has 0 heterocycles. The van der Waals surface area contributed by atoms with E-state index >= 15 is 0 Å². The highest BCUT2D eigenvalue weighted by Gasteiger charge is 2.34. The molecule has 1 atom stereocenters. The lowest BCUT2D eigenvalue weighted by molar-refractivity contribution is -0.136. The average Bonchev–Trinajstić information content (AvgIpc) is 3.24. The van der Waals surface area contributed by atoms with Gasteiger partial charge in [-0.2, -0.15) is 0 Å². The summed E-state index contributed by atoms with van der Waals surface area (Å²) >= 11 is 0. The quantitative estimate of drug-likeness (QED) is 0.292. The Hall–Kier alpha value is -1.26. The number of hydrogen-bond acceptors (Lipinski definition) is 3. The van der Waals surface area contributed by atoms with E-state index in [9.17, 15) is 4.79 Å². The van der Waals surface area contributed by atoms with Crippen molar-refractivity contribution in [1.29, 1.82) is 0 Å². The van der Waals surface area contributed by atoms with Crippen LogP contribution in [0.4, 0.5) is 0 Å². The molecule has 5 nitrogen and oxygen atoms in total. The second-order valence-corrected chi connectivity index (χ2v) is 5.35. The molecule has 19 heavy (non-hydrogen) atoms. The molecule has 1 amide bonds. The Morgan fingerprint density at radius 2 is 2.16 bits per heavy atom. The van der Waals surface area contributed by atoms with Crippen LogP contribution in [-0.4, -0.2) is 34.4 Å².